The summed E-state index contributed by atoms with van der Waals surface area (Å²) < 4.78 is 39.9. The van der Waals surface area contributed by atoms with E-state index in [1.165, 1.54) is 23.0 Å². The largest absolute Gasteiger partial charge is 0.416 e. The van der Waals surface area contributed by atoms with Crippen LogP contribution < -0.4 is 0 Å². The van der Waals surface area contributed by atoms with Crippen LogP contribution in [0.3, 0.4) is 0 Å². The molecule has 1 N–H and O–H groups in total. The lowest BCUT2D eigenvalue weighted by Gasteiger charge is -2.06. The highest BCUT2D eigenvalue weighted by Crippen LogP contribution is 2.29. The van der Waals surface area contributed by atoms with Crippen LogP contribution in [0.25, 0.3) is 11.4 Å². The molecule has 0 radical (unpaired) electrons. The topological polar surface area (TPSA) is 46.0 Å². The van der Waals surface area contributed by atoms with Gasteiger partial charge in [0.05, 0.1) is 11.8 Å². The van der Waals surface area contributed by atoms with E-state index in [1.807, 2.05) is 30.3 Å². The van der Waals surface area contributed by atoms with Crippen molar-refractivity contribution in [2.45, 2.75) is 6.18 Å². The van der Waals surface area contributed by atoms with Crippen LogP contribution in [-0.2, 0) is 6.18 Å². The molecule has 0 aliphatic heterocycles. The van der Waals surface area contributed by atoms with E-state index in [9.17, 15) is 13.2 Å². The van der Waals surface area contributed by atoms with E-state index < -0.39 is 11.7 Å². The number of alkyl halides is 3. The van der Waals surface area contributed by atoms with Gasteiger partial charge in [0.2, 0.25) is 4.77 Å². The normalized spacial score (nSPS) is 12.0. The van der Waals surface area contributed by atoms with Crippen LogP contribution in [0, 0.1) is 4.77 Å². The van der Waals surface area contributed by atoms with Crippen LogP contribution in [0.5, 0.6) is 0 Å². The smallest absolute Gasteiger partial charge is 0.250 e. The summed E-state index contributed by atoms with van der Waals surface area (Å²) in [5.74, 6) is 0.476. The van der Waals surface area contributed by atoms with E-state index in [0.29, 0.717) is 11.4 Å². The number of hydrogen-bond acceptors (Lipinski definition) is 3. The van der Waals surface area contributed by atoms with Crippen molar-refractivity contribution in [3.63, 3.8) is 0 Å². The third-order valence-corrected chi connectivity index (χ3v) is 3.48. The fourth-order valence-electron chi connectivity index (χ4n) is 2.09. The molecule has 0 bridgehead atoms. The van der Waals surface area contributed by atoms with Gasteiger partial charge in [0.15, 0.2) is 5.82 Å². The van der Waals surface area contributed by atoms with E-state index in [0.717, 1.165) is 17.7 Å². The van der Waals surface area contributed by atoms with Crippen LogP contribution in [0.15, 0.2) is 59.7 Å². The van der Waals surface area contributed by atoms with E-state index in [2.05, 4.69) is 15.3 Å². The molecule has 0 fully saturated rings. The first-order valence-corrected chi connectivity index (χ1v) is 7.30. The van der Waals surface area contributed by atoms with Gasteiger partial charge < -0.3 is 0 Å². The van der Waals surface area contributed by atoms with Gasteiger partial charge in [0.1, 0.15) is 0 Å². The van der Waals surface area contributed by atoms with Gasteiger partial charge in [0.25, 0.3) is 0 Å². The average Bonchev–Trinajstić information content (AvgIpc) is 2.94. The van der Waals surface area contributed by atoms with Gasteiger partial charge in [-0.25, -0.2) is 5.10 Å². The Kier molecular flexibility index (Phi) is 4.30. The minimum atomic E-state index is -4.40. The third kappa shape index (κ3) is 3.43. The second kappa shape index (κ2) is 6.40. The summed E-state index contributed by atoms with van der Waals surface area (Å²) in [4.78, 5) is 0. The summed E-state index contributed by atoms with van der Waals surface area (Å²) in [6.45, 7) is 0. The Morgan fingerprint density at radius 2 is 1.83 bits per heavy atom. The van der Waals surface area contributed by atoms with Gasteiger partial charge in [-0.15, -0.1) is 0 Å². The second-order valence-electron chi connectivity index (χ2n) is 4.90. The summed E-state index contributed by atoms with van der Waals surface area (Å²) in [6, 6.07) is 14.1. The SMILES string of the molecule is FC(F)(F)c1cccc(/C=N/n2c(-c3ccccc3)n[nH]c2=S)c1. The summed E-state index contributed by atoms with van der Waals surface area (Å²) in [5.41, 5.74) is 0.364. The zero-order valence-corrected chi connectivity index (χ0v) is 13.0. The molecule has 1 heterocycles. The number of aromatic nitrogens is 3. The molecular weight excluding hydrogens is 337 g/mol. The van der Waals surface area contributed by atoms with E-state index in [1.54, 1.807) is 0 Å². The van der Waals surface area contributed by atoms with Gasteiger partial charge in [-0.3, -0.25) is 0 Å². The molecule has 3 rings (SSSR count). The zero-order valence-electron chi connectivity index (χ0n) is 12.2. The zero-order chi connectivity index (χ0) is 17.2. The molecule has 0 spiro atoms. The van der Waals surface area contributed by atoms with Crippen molar-refractivity contribution in [2.24, 2.45) is 5.10 Å². The lowest BCUT2D eigenvalue weighted by atomic mass is 10.1. The van der Waals surface area contributed by atoms with Crippen molar-refractivity contribution in [1.82, 2.24) is 14.9 Å². The van der Waals surface area contributed by atoms with Gasteiger partial charge in [-0.1, -0.05) is 42.5 Å². The van der Waals surface area contributed by atoms with E-state index in [-0.39, 0.29) is 4.77 Å². The van der Waals surface area contributed by atoms with Crippen molar-refractivity contribution >= 4 is 18.4 Å². The average molecular weight is 348 g/mol. The van der Waals surface area contributed by atoms with E-state index in [4.69, 9.17) is 12.2 Å². The lowest BCUT2D eigenvalue weighted by Crippen LogP contribution is -2.05. The van der Waals surface area contributed by atoms with E-state index >= 15 is 0 Å². The van der Waals surface area contributed by atoms with Crippen LogP contribution >= 0.6 is 12.2 Å². The fraction of sp³-hybridized carbons (Fsp3) is 0.0625. The Labute approximate surface area is 140 Å². The Morgan fingerprint density at radius 3 is 2.54 bits per heavy atom. The molecule has 1 aromatic heterocycles. The van der Waals surface area contributed by atoms with Crippen LogP contribution in [-0.4, -0.2) is 21.1 Å². The Morgan fingerprint density at radius 1 is 1.08 bits per heavy atom. The predicted molar refractivity (Wildman–Crippen MR) is 87.3 cm³/mol. The summed E-state index contributed by atoms with van der Waals surface area (Å²) >= 11 is 5.12. The molecule has 0 saturated heterocycles. The van der Waals surface area contributed by atoms with Crippen molar-refractivity contribution in [2.75, 3.05) is 0 Å². The highest BCUT2D eigenvalue weighted by atomic mass is 32.1. The first kappa shape index (κ1) is 16.1. The van der Waals surface area contributed by atoms with Crippen molar-refractivity contribution in [1.29, 1.82) is 0 Å². The number of nitrogens with one attached hydrogen (secondary N) is 1. The molecule has 0 atom stereocenters. The maximum absolute atomic E-state index is 12.7. The number of H-pyrrole nitrogens is 1. The van der Waals surface area contributed by atoms with Gasteiger partial charge in [-0.2, -0.15) is 28.0 Å². The summed E-state index contributed by atoms with van der Waals surface area (Å²) in [7, 11) is 0. The van der Waals surface area contributed by atoms with Crippen molar-refractivity contribution in [3.05, 3.63) is 70.5 Å². The van der Waals surface area contributed by atoms with Crippen LogP contribution in [0.4, 0.5) is 13.2 Å². The van der Waals surface area contributed by atoms with Crippen molar-refractivity contribution < 1.29 is 13.2 Å². The summed E-state index contributed by atoms with van der Waals surface area (Å²) in [5, 5.41) is 10.9. The first-order chi connectivity index (χ1) is 11.4. The predicted octanol–water partition coefficient (Wildman–Crippen LogP) is 4.51. The molecule has 4 nitrogen and oxygen atoms in total. The highest BCUT2D eigenvalue weighted by molar-refractivity contribution is 7.71. The molecule has 0 amide bonds. The number of hydrogen-bond donors (Lipinski definition) is 1. The molecule has 0 unspecified atom stereocenters. The molecule has 0 saturated carbocycles. The number of halogens is 3. The van der Waals surface area contributed by atoms with Crippen LogP contribution in [0.2, 0.25) is 0 Å². The maximum Gasteiger partial charge on any atom is 0.416 e. The standard InChI is InChI=1S/C16H11F3N4S/c17-16(18,19)13-8-4-5-11(9-13)10-20-23-14(21-22-15(23)24)12-6-2-1-3-7-12/h1-10H,(H,22,24)/b20-10+. The molecule has 2 aromatic carbocycles. The van der Waals surface area contributed by atoms with Gasteiger partial charge in [-0.05, 0) is 29.9 Å². The molecule has 3 aromatic rings. The number of benzene rings is 2. The second-order valence-corrected chi connectivity index (χ2v) is 5.28. The Hall–Kier alpha value is -2.74. The highest BCUT2D eigenvalue weighted by Gasteiger charge is 2.30. The minimum Gasteiger partial charge on any atom is -0.250 e. The number of aromatic amines is 1. The Balaban J connectivity index is 1.97. The molecular formula is C16H11F3N4S. The first-order valence-electron chi connectivity index (χ1n) is 6.89. The molecule has 0 aliphatic rings. The summed E-state index contributed by atoms with van der Waals surface area (Å²) in [6.07, 6.45) is -3.09. The molecule has 24 heavy (non-hydrogen) atoms. The van der Waals surface area contributed by atoms with Crippen LogP contribution in [0.1, 0.15) is 11.1 Å². The lowest BCUT2D eigenvalue weighted by molar-refractivity contribution is -0.137. The third-order valence-electron chi connectivity index (χ3n) is 3.22. The molecule has 0 aliphatic carbocycles. The minimum absolute atomic E-state index is 0.247. The quantitative estimate of drug-likeness (QED) is 0.559. The van der Waals surface area contributed by atoms with Gasteiger partial charge >= 0.3 is 6.18 Å². The number of rotatable bonds is 3. The van der Waals surface area contributed by atoms with Gasteiger partial charge in [0, 0.05) is 5.56 Å². The molecule has 122 valence electrons. The molecule has 8 heteroatoms. The Bertz CT molecular complexity index is 926. The fourth-order valence-corrected chi connectivity index (χ4v) is 2.27. The van der Waals surface area contributed by atoms with Crippen molar-refractivity contribution in [3.8, 4) is 11.4 Å². The monoisotopic (exact) mass is 348 g/mol. The number of nitrogens with zero attached hydrogens (tertiary/aromatic N) is 3. The maximum atomic E-state index is 12.7.